The van der Waals surface area contributed by atoms with E-state index in [1.807, 2.05) is 36.4 Å². The van der Waals surface area contributed by atoms with Gasteiger partial charge in [0.05, 0.1) is 24.5 Å². The number of carboxylic acids is 1. The van der Waals surface area contributed by atoms with Gasteiger partial charge in [-0.05, 0) is 23.1 Å². The van der Waals surface area contributed by atoms with Crippen molar-refractivity contribution in [2.75, 3.05) is 13.7 Å². The lowest BCUT2D eigenvalue weighted by atomic mass is 10.0. The van der Waals surface area contributed by atoms with Crippen molar-refractivity contribution >= 4 is 57.0 Å². The standard InChI is InChI=1S/C17H13NO4S2/c1-22-13-7-6-10(11-4-2-3-5-12(11)13)8-14-16(21)18(9-15(19)20)17(23)24-14/h2-8H,9H2,1H3,(H,19,20)/p-1/b14-8+. The Balaban J connectivity index is 2.04. The molecule has 5 nitrogen and oxygen atoms in total. The van der Waals surface area contributed by atoms with Crippen LogP contribution in [0.5, 0.6) is 5.75 Å². The van der Waals surface area contributed by atoms with Crippen molar-refractivity contribution in [2.24, 2.45) is 0 Å². The highest BCUT2D eigenvalue weighted by molar-refractivity contribution is 8.26. The second kappa shape index (κ2) is 6.62. The molecule has 1 aliphatic heterocycles. The zero-order valence-electron chi connectivity index (χ0n) is 12.6. The summed E-state index contributed by atoms with van der Waals surface area (Å²) in [6.07, 6.45) is 1.72. The predicted octanol–water partition coefficient (Wildman–Crippen LogP) is 1.80. The molecule has 2 aromatic carbocycles. The van der Waals surface area contributed by atoms with Crippen LogP contribution >= 0.6 is 24.0 Å². The van der Waals surface area contributed by atoms with Crippen LogP contribution in [0.2, 0.25) is 0 Å². The van der Waals surface area contributed by atoms with Crippen LogP contribution in [0, 0.1) is 0 Å². The first-order chi connectivity index (χ1) is 11.5. The SMILES string of the molecule is COc1ccc(/C=C2/SC(=S)N(CC(=O)[O-])C2=O)c2ccccc12. The molecule has 24 heavy (non-hydrogen) atoms. The van der Waals surface area contributed by atoms with Crippen LogP contribution < -0.4 is 9.84 Å². The minimum absolute atomic E-state index is 0.216. The van der Waals surface area contributed by atoms with E-state index in [4.69, 9.17) is 17.0 Å². The summed E-state index contributed by atoms with van der Waals surface area (Å²) in [6, 6.07) is 11.4. The first-order valence-electron chi connectivity index (χ1n) is 7.02. The topological polar surface area (TPSA) is 69.7 Å². The second-order valence-corrected chi connectivity index (χ2v) is 6.72. The number of thioether (sulfide) groups is 1. The highest BCUT2D eigenvalue weighted by Gasteiger charge is 2.32. The summed E-state index contributed by atoms with van der Waals surface area (Å²) in [4.78, 5) is 24.5. The van der Waals surface area contributed by atoms with Gasteiger partial charge >= 0.3 is 0 Å². The summed E-state index contributed by atoms with van der Waals surface area (Å²) < 4.78 is 5.57. The number of nitrogens with zero attached hydrogens (tertiary/aromatic N) is 1. The fourth-order valence-corrected chi connectivity index (χ4v) is 3.75. The number of hydrogen-bond acceptors (Lipinski definition) is 6. The number of ether oxygens (including phenoxy) is 1. The minimum atomic E-state index is -1.34. The van der Waals surface area contributed by atoms with Gasteiger partial charge in [-0.15, -0.1) is 0 Å². The van der Waals surface area contributed by atoms with Crippen LogP contribution in [-0.4, -0.2) is 34.8 Å². The molecule has 0 bridgehead atoms. The van der Waals surface area contributed by atoms with Crippen LogP contribution in [0.25, 0.3) is 16.8 Å². The third-order valence-corrected chi connectivity index (χ3v) is 4.96. The summed E-state index contributed by atoms with van der Waals surface area (Å²) in [5.74, 6) is -1.02. The van der Waals surface area contributed by atoms with Gasteiger partial charge in [-0.3, -0.25) is 9.69 Å². The van der Waals surface area contributed by atoms with Gasteiger partial charge in [-0.25, -0.2) is 0 Å². The van der Waals surface area contributed by atoms with E-state index in [9.17, 15) is 14.7 Å². The molecule has 3 rings (SSSR count). The monoisotopic (exact) mass is 358 g/mol. The normalized spacial score (nSPS) is 16.2. The van der Waals surface area contributed by atoms with Crippen LogP contribution in [0.3, 0.4) is 0 Å². The van der Waals surface area contributed by atoms with Gasteiger partial charge in [-0.1, -0.05) is 54.3 Å². The van der Waals surface area contributed by atoms with Crippen molar-refractivity contribution in [2.45, 2.75) is 0 Å². The largest absolute Gasteiger partial charge is 0.548 e. The van der Waals surface area contributed by atoms with E-state index in [-0.39, 0.29) is 4.32 Å². The zero-order chi connectivity index (χ0) is 17.3. The maximum atomic E-state index is 12.3. The predicted molar refractivity (Wildman–Crippen MR) is 95.4 cm³/mol. The summed E-state index contributed by atoms with van der Waals surface area (Å²) in [6.45, 7) is -0.536. The second-order valence-electron chi connectivity index (χ2n) is 5.04. The number of hydrogen-bond donors (Lipinski definition) is 0. The Morgan fingerprint density at radius 2 is 2.00 bits per heavy atom. The number of amides is 1. The fourth-order valence-electron chi connectivity index (χ4n) is 2.51. The van der Waals surface area contributed by atoms with Crippen LogP contribution in [0.15, 0.2) is 41.3 Å². The molecule has 0 aromatic heterocycles. The smallest absolute Gasteiger partial charge is 0.266 e. The molecule has 0 atom stereocenters. The van der Waals surface area contributed by atoms with Crippen molar-refractivity contribution in [3.8, 4) is 5.75 Å². The van der Waals surface area contributed by atoms with Gasteiger partial charge in [0.1, 0.15) is 10.1 Å². The molecule has 1 heterocycles. The van der Waals surface area contributed by atoms with E-state index in [0.717, 1.165) is 38.7 Å². The van der Waals surface area contributed by atoms with E-state index in [2.05, 4.69) is 0 Å². The van der Waals surface area contributed by atoms with Gasteiger partial charge in [0.2, 0.25) is 0 Å². The summed E-state index contributed by atoms with van der Waals surface area (Å²) >= 11 is 6.16. The lowest BCUT2D eigenvalue weighted by Gasteiger charge is -2.14. The lowest BCUT2D eigenvalue weighted by Crippen LogP contribution is -2.40. The highest BCUT2D eigenvalue weighted by Crippen LogP contribution is 2.35. The maximum Gasteiger partial charge on any atom is 0.266 e. The number of methoxy groups -OCH3 is 1. The van der Waals surface area contributed by atoms with E-state index in [0.29, 0.717) is 4.91 Å². The Kier molecular flexibility index (Phi) is 4.55. The molecule has 122 valence electrons. The van der Waals surface area contributed by atoms with Crippen LogP contribution in [0.4, 0.5) is 0 Å². The fraction of sp³-hybridized carbons (Fsp3) is 0.118. The van der Waals surface area contributed by atoms with Gasteiger partial charge in [0, 0.05) is 5.39 Å². The molecule has 0 aliphatic carbocycles. The van der Waals surface area contributed by atoms with E-state index in [1.54, 1.807) is 13.2 Å². The number of carbonyl (C=O) groups excluding carboxylic acids is 2. The number of fused-ring (bicyclic) bond motifs is 1. The molecule has 0 radical (unpaired) electrons. The number of rotatable bonds is 4. The first kappa shape index (κ1) is 16.5. The number of carboxylic acid groups (broad SMARTS) is 1. The van der Waals surface area contributed by atoms with Crippen LogP contribution in [0.1, 0.15) is 5.56 Å². The Bertz CT molecular complexity index is 891. The van der Waals surface area contributed by atoms with Gasteiger partial charge in [0.15, 0.2) is 0 Å². The van der Waals surface area contributed by atoms with E-state index >= 15 is 0 Å². The highest BCUT2D eigenvalue weighted by atomic mass is 32.2. The molecular formula is C17H12NO4S2-. The minimum Gasteiger partial charge on any atom is -0.548 e. The maximum absolute atomic E-state index is 12.3. The van der Waals surface area contributed by atoms with Gasteiger partial charge in [0.25, 0.3) is 5.91 Å². The summed E-state index contributed by atoms with van der Waals surface area (Å²) in [5.41, 5.74) is 0.834. The molecule has 0 spiro atoms. The van der Waals surface area contributed by atoms with Crippen LogP contribution in [-0.2, 0) is 9.59 Å². The molecule has 7 heteroatoms. The molecule has 0 unspecified atom stereocenters. The molecule has 2 aromatic rings. The van der Waals surface area contributed by atoms with Crippen molar-refractivity contribution < 1.29 is 19.4 Å². The summed E-state index contributed by atoms with van der Waals surface area (Å²) in [7, 11) is 1.60. The Hall–Kier alpha value is -2.38. The first-order valence-corrected chi connectivity index (χ1v) is 8.24. The zero-order valence-corrected chi connectivity index (χ0v) is 14.3. The van der Waals surface area contributed by atoms with Crippen molar-refractivity contribution in [1.82, 2.24) is 4.90 Å². The summed E-state index contributed by atoms with van der Waals surface area (Å²) in [5, 5.41) is 12.6. The lowest BCUT2D eigenvalue weighted by molar-refractivity contribution is -0.305. The van der Waals surface area contributed by atoms with Crippen molar-refractivity contribution in [1.29, 1.82) is 0 Å². The Morgan fingerprint density at radius 3 is 2.67 bits per heavy atom. The molecular weight excluding hydrogens is 346 g/mol. The molecule has 0 saturated carbocycles. The van der Waals surface area contributed by atoms with E-state index in [1.165, 1.54) is 0 Å². The van der Waals surface area contributed by atoms with Gasteiger partial charge in [-0.2, -0.15) is 0 Å². The van der Waals surface area contributed by atoms with E-state index < -0.39 is 18.4 Å². The van der Waals surface area contributed by atoms with Gasteiger partial charge < -0.3 is 14.6 Å². The quantitative estimate of drug-likeness (QED) is 0.613. The molecule has 0 N–H and O–H groups in total. The van der Waals surface area contributed by atoms with Crippen molar-refractivity contribution in [3.63, 3.8) is 0 Å². The number of aliphatic carboxylic acids is 1. The Labute approximate surface area is 147 Å². The Morgan fingerprint density at radius 1 is 1.29 bits per heavy atom. The third kappa shape index (κ3) is 3.00. The number of thiocarbonyl (C=S) groups is 1. The molecule has 1 fully saturated rings. The van der Waals surface area contributed by atoms with Crippen molar-refractivity contribution in [3.05, 3.63) is 46.9 Å². The third-order valence-electron chi connectivity index (χ3n) is 3.59. The molecule has 1 aliphatic rings. The average molecular weight is 358 g/mol. The number of benzene rings is 2. The number of carbonyl (C=O) groups is 2. The molecule has 1 saturated heterocycles. The average Bonchev–Trinajstić information content (AvgIpc) is 2.82. The molecule has 1 amide bonds.